The Morgan fingerprint density at radius 2 is 1.82 bits per heavy atom. The van der Waals surface area contributed by atoms with E-state index in [0.29, 0.717) is 48.5 Å². The van der Waals surface area contributed by atoms with Crippen molar-refractivity contribution in [3.8, 4) is 11.1 Å². The summed E-state index contributed by atoms with van der Waals surface area (Å²) < 4.78 is 47.9. The maximum absolute atomic E-state index is 14.6. The normalized spacial score (nSPS) is 22.6. The third kappa shape index (κ3) is 6.38. The zero-order valence-corrected chi connectivity index (χ0v) is 19.3. The third-order valence-corrected chi connectivity index (χ3v) is 6.54. The first-order valence-electron chi connectivity index (χ1n) is 11.7. The number of nitrogens with one attached hydrogen (secondary N) is 3. The minimum atomic E-state index is -1.25. The standard InChI is InChI=1S/C25H33F3N4O/c1-16(14-33-2)31-18-4-6-19(7-5-18)32-24-12-20(22(27)13-29-24)17-3-8-21(26)23(11-17)30-15-25(28)9-10-25/h3,8,11-13,16,18-19,30-31H,4-7,9-10,14-15H2,1-2H3,(H,29,32)/t16-,18?,19?/m1/s1. The van der Waals surface area contributed by atoms with Gasteiger partial charge in [0, 0.05) is 37.3 Å². The molecule has 2 aliphatic rings. The van der Waals surface area contributed by atoms with E-state index in [0.717, 1.165) is 25.7 Å². The summed E-state index contributed by atoms with van der Waals surface area (Å²) >= 11 is 0. The molecule has 2 saturated carbocycles. The zero-order chi connectivity index (χ0) is 23.4. The summed E-state index contributed by atoms with van der Waals surface area (Å²) in [6, 6.07) is 7.05. The van der Waals surface area contributed by atoms with Crippen LogP contribution in [0.5, 0.6) is 0 Å². The number of hydrogen-bond acceptors (Lipinski definition) is 5. The van der Waals surface area contributed by atoms with E-state index < -0.39 is 17.3 Å². The number of rotatable bonds is 10. The van der Waals surface area contributed by atoms with Crippen molar-refractivity contribution in [2.45, 2.75) is 69.2 Å². The van der Waals surface area contributed by atoms with Crippen molar-refractivity contribution >= 4 is 11.5 Å². The Morgan fingerprint density at radius 1 is 1.09 bits per heavy atom. The molecular weight excluding hydrogens is 429 g/mol. The lowest BCUT2D eigenvalue weighted by Gasteiger charge is -2.31. The number of halogens is 3. The molecule has 0 spiro atoms. The van der Waals surface area contributed by atoms with Crippen LogP contribution < -0.4 is 16.0 Å². The van der Waals surface area contributed by atoms with Crippen LogP contribution in [0.3, 0.4) is 0 Å². The van der Waals surface area contributed by atoms with Crippen molar-refractivity contribution in [2.24, 2.45) is 0 Å². The lowest BCUT2D eigenvalue weighted by Crippen LogP contribution is -2.42. The Kier molecular flexibility index (Phi) is 7.44. The number of anilines is 2. The molecule has 1 atom stereocenters. The molecule has 3 N–H and O–H groups in total. The molecule has 0 amide bonds. The summed E-state index contributed by atoms with van der Waals surface area (Å²) in [7, 11) is 1.71. The number of hydrogen-bond donors (Lipinski definition) is 3. The summed E-state index contributed by atoms with van der Waals surface area (Å²) in [5, 5.41) is 9.86. The first-order valence-corrected chi connectivity index (χ1v) is 11.7. The second kappa shape index (κ2) is 10.3. The number of pyridine rings is 1. The number of aromatic nitrogens is 1. The van der Waals surface area contributed by atoms with Crippen LogP contribution in [-0.4, -0.2) is 49.0 Å². The maximum Gasteiger partial charge on any atom is 0.149 e. The number of nitrogens with zero attached hydrogens (tertiary/aromatic N) is 1. The van der Waals surface area contributed by atoms with Gasteiger partial charge in [-0.05, 0) is 69.2 Å². The van der Waals surface area contributed by atoms with Gasteiger partial charge in [-0.25, -0.2) is 18.2 Å². The quantitative estimate of drug-likeness (QED) is 0.448. The molecule has 8 heteroatoms. The first kappa shape index (κ1) is 23.8. The van der Waals surface area contributed by atoms with Crippen molar-refractivity contribution in [3.05, 3.63) is 42.1 Å². The van der Waals surface area contributed by atoms with Gasteiger partial charge in [0.2, 0.25) is 0 Å². The average molecular weight is 463 g/mol. The second-order valence-corrected chi connectivity index (χ2v) is 9.46. The van der Waals surface area contributed by atoms with Crippen LogP contribution in [-0.2, 0) is 4.74 Å². The monoisotopic (exact) mass is 462 g/mol. The van der Waals surface area contributed by atoms with Crippen molar-refractivity contribution in [1.29, 1.82) is 0 Å². The summed E-state index contributed by atoms with van der Waals surface area (Å²) in [6.45, 7) is 2.87. The Hall–Kier alpha value is -2.32. The van der Waals surface area contributed by atoms with Crippen molar-refractivity contribution in [2.75, 3.05) is 30.9 Å². The second-order valence-electron chi connectivity index (χ2n) is 9.46. The van der Waals surface area contributed by atoms with Gasteiger partial charge in [-0.1, -0.05) is 6.07 Å². The average Bonchev–Trinajstić information content (AvgIpc) is 3.53. The van der Waals surface area contributed by atoms with Gasteiger partial charge < -0.3 is 20.7 Å². The fourth-order valence-corrected chi connectivity index (χ4v) is 4.45. The van der Waals surface area contributed by atoms with Gasteiger partial charge >= 0.3 is 0 Å². The van der Waals surface area contributed by atoms with E-state index in [1.807, 2.05) is 0 Å². The van der Waals surface area contributed by atoms with Crippen molar-refractivity contribution < 1.29 is 17.9 Å². The molecule has 180 valence electrons. The van der Waals surface area contributed by atoms with E-state index in [1.54, 1.807) is 13.2 Å². The van der Waals surface area contributed by atoms with Crippen LogP contribution in [0.25, 0.3) is 11.1 Å². The van der Waals surface area contributed by atoms with Crippen LogP contribution in [0.4, 0.5) is 24.7 Å². The molecule has 2 fully saturated rings. The van der Waals surface area contributed by atoms with Crippen molar-refractivity contribution in [1.82, 2.24) is 10.3 Å². The number of ether oxygens (including phenoxy) is 1. The van der Waals surface area contributed by atoms with E-state index in [-0.39, 0.29) is 18.3 Å². The Labute approximate surface area is 193 Å². The number of alkyl halides is 1. The highest BCUT2D eigenvalue weighted by Crippen LogP contribution is 2.40. The van der Waals surface area contributed by atoms with Gasteiger partial charge in [-0.3, -0.25) is 0 Å². The third-order valence-electron chi connectivity index (χ3n) is 6.54. The van der Waals surface area contributed by atoms with Gasteiger partial charge in [-0.2, -0.15) is 0 Å². The van der Waals surface area contributed by atoms with Crippen LogP contribution in [0, 0.1) is 11.6 Å². The number of benzene rings is 1. The minimum absolute atomic E-state index is 0.0563. The molecule has 1 aromatic carbocycles. The lowest BCUT2D eigenvalue weighted by molar-refractivity contribution is 0.161. The smallest absolute Gasteiger partial charge is 0.149 e. The van der Waals surface area contributed by atoms with Gasteiger partial charge in [0.15, 0.2) is 0 Å². The Balaban J connectivity index is 1.39. The van der Waals surface area contributed by atoms with Gasteiger partial charge in [0.25, 0.3) is 0 Å². The molecule has 5 nitrogen and oxygen atoms in total. The molecule has 1 aromatic heterocycles. The first-order chi connectivity index (χ1) is 15.8. The summed E-state index contributed by atoms with van der Waals surface area (Å²) in [6.07, 6.45) is 6.22. The van der Waals surface area contributed by atoms with E-state index in [4.69, 9.17) is 4.74 Å². The highest BCUT2D eigenvalue weighted by atomic mass is 19.1. The van der Waals surface area contributed by atoms with E-state index in [1.165, 1.54) is 24.4 Å². The summed E-state index contributed by atoms with van der Waals surface area (Å²) in [4.78, 5) is 4.21. The Morgan fingerprint density at radius 3 is 2.52 bits per heavy atom. The topological polar surface area (TPSA) is 58.2 Å². The van der Waals surface area contributed by atoms with Crippen LogP contribution in [0.2, 0.25) is 0 Å². The molecule has 2 aromatic rings. The van der Waals surface area contributed by atoms with Gasteiger partial charge in [0.05, 0.1) is 18.5 Å². The number of methoxy groups -OCH3 is 1. The molecule has 0 unspecified atom stereocenters. The van der Waals surface area contributed by atoms with Gasteiger partial charge in [0.1, 0.15) is 23.1 Å². The van der Waals surface area contributed by atoms with Crippen LogP contribution in [0.1, 0.15) is 45.4 Å². The highest BCUT2D eigenvalue weighted by molar-refractivity contribution is 5.71. The molecular formula is C25H33F3N4O. The van der Waals surface area contributed by atoms with Crippen molar-refractivity contribution in [3.63, 3.8) is 0 Å². The maximum atomic E-state index is 14.6. The fraction of sp³-hybridized carbons (Fsp3) is 0.560. The molecule has 0 bridgehead atoms. The molecule has 4 rings (SSSR count). The summed E-state index contributed by atoms with van der Waals surface area (Å²) in [5.74, 6) is -0.376. The molecule has 0 radical (unpaired) electrons. The van der Waals surface area contributed by atoms with Gasteiger partial charge in [-0.15, -0.1) is 0 Å². The molecule has 0 aliphatic heterocycles. The summed E-state index contributed by atoms with van der Waals surface area (Å²) in [5.41, 5.74) is -0.223. The molecule has 2 aliphatic carbocycles. The van der Waals surface area contributed by atoms with Crippen LogP contribution >= 0.6 is 0 Å². The Bertz CT molecular complexity index is 945. The SMILES string of the molecule is COC[C@@H](C)NC1CCC(Nc2cc(-c3ccc(F)c(NCC4(F)CC4)c3)c(F)cn2)CC1. The van der Waals surface area contributed by atoms with Crippen LogP contribution in [0.15, 0.2) is 30.5 Å². The van der Waals surface area contributed by atoms with E-state index in [9.17, 15) is 13.2 Å². The zero-order valence-electron chi connectivity index (χ0n) is 19.3. The minimum Gasteiger partial charge on any atom is -0.383 e. The fourth-order valence-electron chi connectivity index (χ4n) is 4.45. The lowest BCUT2D eigenvalue weighted by atomic mass is 9.90. The van der Waals surface area contributed by atoms with E-state index >= 15 is 0 Å². The largest absolute Gasteiger partial charge is 0.383 e. The predicted octanol–water partition coefficient (Wildman–Crippen LogP) is 5.29. The van der Waals surface area contributed by atoms with E-state index in [2.05, 4.69) is 27.9 Å². The molecule has 33 heavy (non-hydrogen) atoms. The molecule has 0 saturated heterocycles. The molecule has 1 heterocycles. The highest BCUT2D eigenvalue weighted by Gasteiger charge is 2.42. The predicted molar refractivity (Wildman–Crippen MR) is 125 cm³/mol.